The van der Waals surface area contributed by atoms with Crippen molar-refractivity contribution in [2.45, 2.75) is 32.7 Å². The molecule has 4 heteroatoms. The average Bonchev–Trinajstić information content (AvgIpc) is 2.15. The molecule has 0 unspecified atom stereocenters. The van der Waals surface area contributed by atoms with Gasteiger partial charge in [-0.1, -0.05) is 20.3 Å². The molecule has 0 spiro atoms. The number of hydrogen-bond donors (Lipinski definition) is 2. The summed E-state index contributed by atoms with van der Waals surface area (Å²) in [5.41, 5.74) is 5.66. The van der Waals surface area contributed by atoms with Gasteiger partial charge in [0.15, 0.2) is 0 Å². The number of nitrogens with zero attached hydrogens (tertiary/aromatic N) is 1. The van der Waals surface area contributed by atoms with Gasteiger partial charge in [-0.05, 0) is 5.92 Å². The van der Waals surface area contributed by atoms with Gasteiger partial charge in [-0.25, -0.2) is 0 Å². The number of nitrogens with two attached hydrogens (primary N) is 1. The smallest absolute Gasteiger partial charge is 0.237 e. The van der Waals surface area contributed by atoms with E-state index in [1.165, 1.54) is 0 Å². The maximum absolute atomic E-state index is 11.3. The van der Waals surface area contributed by atoms with Gasteiger partial charge in [0.1, 0.15) is 0 Å². The van der Waals surface area contributed by atoms with Gasteiger partial charge in [-0.15, -0.1) is 0 Å². The van der Waals surface area contributed by atoms with Crippen LogP contribution in [0.2, 0.25) is 0 Å². The minimum absolute atomic E-state index is 0.162. The van der Waals surface area contributed by atoms with Crippen LogP contribution in [0.3, 0.4) is 0 Å². The molecule has 74 valence electrons. The van der Waals surface area contributed by atoms with E-state index in [0.29, 0.717) is 13.0 Å². The molecule has 13 heavy (non-hydrogen) atoms. The summed E-state index contributed by atoms with van der Waals surface area (Å²) < 4.78 is 0. The molecule has 0 aromatic heterocycles. The monoisotopic (exact) mass is 183 g/mol. The Morgan fingerprint density at radius 3 is 2.77 bits per heavy atom. The van der Waals surface area contributed by atoms with Crippen molar-refractivity contribution in [3.05, 3.63) is 0 Å². The van der Waals surface area contributed by atoms with E-state index < -0.39 is 6.04 Å². The fourth-order valence-corrected chi connectivity index (χ4v) is 0.872. The second-order valence-electron chi connectivity index (χ2n) is 3.11. The molecular weight excluding hydrogens is 166 g/mol. The van der Waals surface area contributed by atoms with E-state index in [4.69, 9.17) is 11.0 Å². The summed E-state index contributed by atoms with van der Waals surface area (Å²) in [4.78, 5) is 11.3. The van der Waals surface area contributed by atoms with E-state index in [9.17, 15) is 4.79 Å². The van der Waals surface area contributed by atoms with Crippen LogP contribution in [0.1, 0.15) is 26.7 Å². The van der Waals surface area contributed by atoms with Crippen LogP contribution in [-0.4, -0.2) is 18.5 Å². The lowest BCUT2D eigenvalue weighted by atomic mass is 9.99. The Hall–Kier alpha value is -1.08. The van der Waals surface area contributed by atoms with E-state index in [1.807, 2.05) is 19.9 Å². The minimum atomic E-state index is -0.455. The zero-order valence-corrected chi connectivity index (χ0v) is 8.21. The molecule has 0 saturated carbocycles. The number of hydrogen-bond acceptors (Lipinski definition) is 3. The predicted octanol–water partition coefficient (Wildman–Crippen LogP) is 0.390. The fourth-order valence-electron chi connectivity index (χ4n) is 0.872. The zero-order chi connectivity index (χ0) is 10.3. The van der Waals surface area contributed by atoms with E-state index in [2.05, 4.69) is 5.32 Å². The molecular formula is C9H17N3O. The van der Waals surface area contributed by atoms with Crippen molar-refractivity contribution in [3.63, 3.8) is 0 Å². The van der Waals surface area contributed by atoms with Crippen molar-refractivity contribution in [2.24, 2.45) is 11.7 Å². The number of carbonyl (C=O) groups is 1. The Kier molecular flexibility index (Phi) is 5.90. The molecule has 0 aromatic carbocycles. The van der Waals surface area contributed by atoms with Crippen LogP contribution in [0.25, 0.3) is 0 Å². The maximum atomic E-state index is 11.3. The highest BCUT2D eigenvalue weighted by molar-refractivity contribution is 5.81. The molecule has 0 saturated heterocycles. The number of amides is 1. The average molecular weight is 183 g/mol. The van der Waals surface area contributed by atoms with Gasteiger partial charge in [-0.2, -0.15) is 5.26 Å². The quantitative estimate of drug-likeness (QED) is 0.605. The summed E-state index contributed by atoms with van der Waals surface area (Å²) in [6, 6.07) is 1.49. The first-order chi connectivity index (χ1) is 6.13. The fraction of sp³-hybridized carbons (Fsp3) is 0.778. The van der Waals surface area contributed by atoms with Crippen molar-refractivity contribution in [1.82, 2.24) is 5.32 Å². The molecule has 0 aliphatic rings. The Morgan fingerprint density at radius 2 is 2.31 bits per heavy atom. The molecule has 2 atom stereocenters. The summed E-state index contributed by atoms with van der Waals surface area (Å²) in [6.07, 6.45) is 1.21. The third-order valence-corrected chi connectivity index (χ3v) is 2.10. The number of carbonyl (C=O) groups excluding carboxylic acids is 1. The Labute approximate surface area is 79.1 Å². The number of rotatable bonds is 5. The molecule has 0 fully saturated rings. The molecule has 0 bridgehead atoms. The van der Waals surface area contributed by atoms with Gasteiger partial charge in [0, 0.05) is 6.54 Å². The first-order valence-electron chi connectivity index (χ1n) is 4.53. The van der Waals surface area contributed by atoms with Crippen LogP contribution in [0.4, 0.5) is 0 Å². The van der Waals surface area contributed by atoms with Gasteiger partial charge >= 0.3 is 0 Å². The molecule has 4 nitrogen and oxygen atoms in total. The van der Waals surface area contributed by atoms with Crippen molar-refractivity contribution in [3.8, 4) is 6.07 Å². The van der Waals surface area contributed by atoms with Crippen molar-refractivity contribution >= 4 is 5.91 Å². The highest BCUT2D eigenvalue weighted by Gasteiger charge is 2.18. The van der Waals surface area contributed by atoms with Gasteiger partial charge in [0.2, 0.25) is 5.91 Å². The molecule has 0 aromatic rings. The Balaban J connectivity index is 3.77. The molecule has 0 radical (unpaired) electrons. The lowest BCUT2D eigenvalue weighted by molar-refractivity contribution is -0.123. The lowest BCUT2D eigenvalue weighted by Crippen LogP contribution is -2.44. The molecule has 3 N–H and O–H groups in total. The zero-order valence-electron chi connectivity index (χ0n) is 8.21. The first-order valence-corrected chi connectivity index (χ1v) is 4.53. The van der Waals surface area contributed by atoms with E-state index in [0.717, 1.165) is 6.42 Å². The van der Waals surface area contributed by atoms with Crippen LogP contribution in [0.5, 0.6) is 0 Å². The first kappa shape index (κ1) is 11.9. The van der Waals surface area contributed by atoms with Crippen molar-refractivity contribution in [1.29, 1.82) is 5.26 Å². The number of nitriles is 1. The van der Waals surface area contributed by atoms with Crippen LogP contribution in [0.15, 0.2) is 0 Å². The second-order valence-corrected chi connectivity index (χ2v) is 3.11. The standard InChI is InChI=1S/C9H17N3O/c1-3-7(2)8(11)9(13)12-6-4-5-10/h7-8H,3-4,6,11H2,1-2H3,(H,12,13)/t7-,8-/m0/s1. The van der Waals surface area contributed by atoms with Gasteiger partial charge in [0.25, 0.3) is 0 Å². The van der Waals surface area contributed by atoms with Gasteiger partial charge < -0.3 is 11.1 Å². The maximum Gasteiger partial charge on any atom is 0.237 e. The number of nitrogens with one attached hydrogen (secondary N) is 1. The highest BCUT2D eigenvalue weighted by Crippen LogP contribution is 2.04. The minimum Gasteiger partial charge on any atom is -0.354 e. The Bertz CT molecular complexity index is 198. The molecule has 0 heterocycles. The molecule has 0 rings (SSSR count). The summed E-state index contributed by atoms with van der Waals surface area (Å²) in [6.45, 7) is 4.32. The molecule has 1 amide bonds. The van der Waals surface area contributed by atoms with E-state index >= 15 is 0 Å². The third kappa shape index (κ3) is 4.48. The van der Waals surface area contributed by atoms with Gasteiger partial charge in [-0.3, -0.25) is 4.79 Å². The Morgan fingerprint density at radius 1 is 1.69 bits per heavy atom. The lowest BCUT2D eigenvalue weighted by Gasteiger charge is -2.16. The largest absolute Gasteiger partial charge is 0.354 e. The van der Waals surface area contributed by atoms with Crippen molar-refractivity contribution < 1.29 is 4.79 Å². The predicted molar refractivity (Wildman–Crippen MR) is 50.7 cm³/mol. The highest BCUT2D eigenvalue weighted by atomic mass is 16.2. The summed E-state index contributed by atoms with van der Waals surface area (Å²) in [5.74, 6) is 0.0201. The van der Waals surface area contributed by atoms with Crippen molar-refractivity contribution in [2.75, 3.05) is 6.54 Å². The molecule has 0 aliphatic heterocycles. The topological polar surface area (TPSA) is 78.9 Å². The van der Waals surface area contributed by atoms with Crippen LogP contribution >= 0.6 is 0 Å². The summed E-state index contributed by atoms with van der Waals surface area (Å²) in [7, 11) is 0. The van der Waals surface area contributed by atoms with Crippen LogP contribution in [-0.2, 0) is 4.79 Å². The SMILES string of the molecule is CC[C@H](C)[C@H](N)C(=O)NCCC#N. The third-order valence-electron chi connectivity index (χ3n) is 2.10. The van der Waals surface area contributed by atoms with E-state index in [-0.39, 0.29) is 11.8 Å². The van der Waals surface area contributed by atoms with Crippen LogP contribution in [0, 0.1) is 17.2 Å². The van der Waals surface area contributed by atoms with E-state index in [1.54, 1.807) is 0 Å². The summed E-state index contributed by atoms with van der Waals surface area (Å²) >= 11 is 0. The van der Waals surface area contributed by atoms with Crippen LogP contribution < -0.4 is 11.1 Å². The molecule has 0 aliphatic carbocycles. The normalized spacial score (nSPS) is 14.3. The second kappa shape index (κ2) is 6.44. The summed E-state index contributed by atoms with van der Waals surface area (Å²) in [5, 5.41) is 10.9. The van der Waals surface area contributed by atoms with Gasteiger partial charge in [0.05, 0.1) is 18.5 Å².